The molecule has 1 aliphatic carbocycles. The highest BCUT2D eigenvalue weighted by Gasteiger charge is 2.37. The Morgan fingerprint density at radius 2 is 2.20 bits per heavy atom. The van der Waals surface area contributed by atoms with Crippen molar-refractivity contribution in [3.05, 3.63) is 65.7 Å². The summed E-state index contributed by atoms with van der Waals surface area (Å²) < 4.78 is 6.18. The Morgan fingerprint density at radius 3 is 2.91 bits per heavy atom. The van der Waals surface area contributed by atoms with Crippen LogP contribution < -0.4 is 5.32 Å². The van der Waals surface area contributed by atoms with Gasteiger partial charge in [0.25, 0.3) is 0 Å². The van der Waals surface area contributed by atoms with Gasteiger partial charge < -0.3 is 15.2 Å². The maximum atomic E-state index is 12.3. The number of ether oxygens (including phenoxy) is 1. The number of carboxylic acids is 1. The van der Waals surface area contributed by atoms with Gasteiger partial charge in [0.05, 0.1) is 6.10 Å². The fraction of sp³-hybridized carbons (Fsp3) is 0.586. The van der Waals surface area contributed by atoms with Crippen LogP contribution in [0.25, 0.3) is 0 Å². The number of rotatable bonds is 12. The van der Waals surface area contributed by atoms with Gasteiger partial charge in [0.1, 0.15) is 6.04 Å². The number of hydrogen-bond acceptors (Lipinski definition) is 5. The van der Waals surface area contributed by atoms with E-state index in [4.69, 9.17) is 4.74 Å². The normalized spacial score (nSPS) is 24.4. The van der Waals surface area contributed by atoms with Gasteiger partial charge in [-0.15, -0.1) is 0 Å². The third-order valence-corrected chi connectivity index (χ3v) is 7.83. The number of nitrogens with one attached hydrogen (secondary N) is 1. The van der Waals surface area contributed by atoms with Gasteiger partial charge in [0, 0.05) is 54.8 Å². The number of hydrogen-bond donors (Lipinski definition) is 2. The molecule has 3 unspecified atom stereocenters. The second-order valence-electron chi connectivity index (χ2n) is 10.2. The molecule has 2 aliphatic heterocycles. The molecular weight excluding hydrogens is 438 g/mol. The molecule has 4 rings (SSSR count). The highest BCUT2D eigenvalue weighted by molar-refractivity contribution is 5.76. The van der Waals surface area contributed by atoms with Crippen molar-refractivity contribution in [3.63, 3.8) is 0 Å². The molecule has 0 amide bonds. The van der Waals surface area contributed by atoms with Gasteiger partial charge in [-0.1, -0.05) is 37.3 Å². The molecule has 3 aliphatic rings. The number of carbonyl (C=O) groups is 1. The molecule has 3 atom stereocenters. The van der Waals surface area contributed by atoms with Crippen molar-refractivity contribution in [3.8, 4) is 0 Å². The van der Waals surface area contributed by atoms with Crippen molar-refractivity contribution in [1.82, 2.24) is 15.2 Å². The summed E-state index contributed by atoms with van der Waals surface area (Å²) in [6, 6.07) is 3.74. The lowest BCUT2D eigenvalue weighted by Gasteiger charge is -2.31. The van der Waals surface area contributed by atoms with E-state index in [-0.39, 0.29) is 6.10 Å². The Balaban J connectivity index is 1.20. The van der Waals surface area contributed by atoms with Crippen LogP contribution >= 0.6 is 0 Å². The van der Waals surface area contributed by atoms with Crippen LogP contribution in [-0.2, 0) is 9.53 Å². The minimum Gasteiger partial charge on any atom is -0.480 e. The fourth-order valence-electron chi connectivity index (χ4n) is 5.63. The monoisotopic (exact) mass is 479 g/mol. The predicted octanol–water partition coefficient (Wildman–Crippen LogP) is 5.50. The molecule has 0 aromatic carbocycles. The van der Waals surface area contributed by atoms with Crippen LogP contribution in [0.2, 0.25) is 0 Å². The molecule has 190 valence electrons. The van der Waals surface area contributed by atoms with Gasteiger partial charge in [-0.25, -0.2) is 0 Å². The smallest absolute Gasteiger partial charge is 0.325 e. The largest absolute Gasteiger partial charge is 0.480 e. The van der Waals surface area contributed by atoms with E-state index in [1.807, 2.05) is 24.3 Å². The van der Waals surface area contributed by atoms with Gasteiger partial charge in [-0.05, 0) is 69.9 Å². The number of allylic oxidation sites excluding steroid dienone is 5. The summed E-state index contributed by atoms with van der Waals surface area (Å²) in [5, 5.41) is 13.7. The quantitative estimate of drug-likeness (QED) is 0.304. The number of carboxylic acid groups (broad SMARTS) is 1. The van der Waals surface area contributed by atoms with Crippen molar-refractivity contribution in [2.24, 2.45) is 0 Å². The number of unbranched alkanes of at least 4 members (excludes halogenated alkanes) is 1. The van der Waals surface area contributed by atoms with Gasteiger partial charge in [-0.3, -0.25) is 14.7 Å². The molecule has 0 spiro atoms. The highest BCUT2D eigenvalue weighted by atomic mass is 16.5. The van der Waals surface area contributed by atoms with Crippen LogP contribution in [0.4, 0.5) is 0 Å². The Morgan fingerprint density at radius 1 is 1.34 bits per heavy atom. The molecule has 1 saturated heterocycles. The number of pyridine rings is 1. The Bertz CT molecular complexity index is 937. The first kappa shape index (κ1) is 25.6. The minimum atomic E-state index is -0.785. The summed E-state index contributed by atoms with van der Waals surface area (Å²) in [5.41, 5.74) is 4.52. The lowest BCUT2D eigenvalue weighted by Crippen LogP contribution is -2.35. The molecule has 1 aromatic rings. The van der Waals surface area contributed by atoms with E-state index in [2.05, 4.69) is 34.8 Å². The minimum absolute atomic E-state index is 0.109. The zero-order valence-corrected chi connectivity index (χ0v) is 21.1. The molecular formula is C29H41N3O3. The molecule has 6 nitrogen and oxygen atoms in total. The van der Waals surface area contributed by atoms with E-state index >= 15 is 0 Å². The third-order valence-electron chi connectivity index (χ3n) is 7.83. The first-order chi connectivity index (χ1) is 17.1. The number of likely N-dealkylation sites (tertiary alicyclic amines) is 1. The predicted molar refractivity (Wildman–Crippen MR) is 139 cm³/mol. The Kier molecular flexibility index (Phi) is 9.16. The van der Waals surface area contributed by atoms with Gasteiger partial charge in [0.2, 0.25) is 0 Å². The second kappa shape index (κ2) is 12.5. The highest BCUT2D eigenvalue weighted by Crippen LogP contribution is 2.40. The van der Waals surface area contributed by atoms with E-state index in [1.54, 1.807) is 6.20 Å². The maximum Gasteiger partial charge on any atom is 0.325 e. The first-order valence-corrected chi connectivity index (χ1v) is 13.4. The van der Waals surface area contributed by atoms with Crippen molar-refractivity contribution in [2.45, 2.75) is 88.8 Å². The van der Waals surface area contributed by atoms with Crippen molar-refractivity contribution in [1.29, 1.82) is 0 Å². The standard InChI is InChI=1S/C29H41N3O3/c1-3-4-9-22-14-15-24(31-21(22)2)12-5-6-19-35-25-16-18-32(20-25)28(29(33)34)26-13-8-17-30-27(26)23-10-7-11-23/h3-4,8-9,13,17,23-25,28,31H,1,5-7,10-12,14-16,18-20H2,2H3,(H,33,34)/b9-4-. The van der Waals surface area contributed by atoms with Crippen molar-refractivity contribution < 1.29 is 14.6 Å². The van der Waals surface area contributed by atoms with Crippen molar-refractivity contribution >= 4 is 5.97 Å². The molecule has 3 heterocycles. The summed E-state index contributed by atoms with van der Waals surface area (Å²) in [5.74, 6) is -0.373. The average molecular weight is 480 g/mol. The molecule has 0 bridgehead atoms. The van der Waals surface area contributed by atoms with E-state index in [9.17, 15) is 9.90 Å². The zero-order valence-electron chi connectivity index (χ0n) is 21.1. The SMILES string of the molecule is C=C/C=C\C1=C(C)NC(CCCCOC2CCN(C(C(=O)O)c3cccnc3C3CCC3)C2)CC1. The second-order valence-corrected chi connectivity index (χ2v) is 10.2. The molecule has 6 heteroatoms. The summed E-state index contributed by atoms with van der Waals surface area (Å²) in [7, 11) is 0. The maximum absolute atomic E-state index is 12.3. The van der Waals surface area contributed by atoms with Crippen LogP contribution in [0.1, 0.15) is 87.9 Å². The summed E-state index contributed by atoms with van der Waals surface area (Å²) in [6.07, 6.45) is 17.8. The third kappa shape index (κ3) is 6.62. The number of nitrogens with zero attached hydrogens (tertiary/aromatic N) is 2. The summed E-state index contributed by atoms with van der Waals surface area (Å²) in [6.45, 7) is 8.07. The number of aliphatic carboxylic acids is 1. The van der Waals surface area contributed by atoms with E-state index in [0.717, 1.165) is 69.4 Å². The van der Waals surface area contributed by atoms with Crippen LogP contribution in [0.5, 0.6) is 0 Å². The topological polar surface area (TPSA) is 74.7 Å². The van der Waals surface area contributed by atoms with Crippen LogP contribution in [0.15, 0.2) is 54.4 Å². The van der Waals surface area contributed by atoms with E-state index in [0.29, 0.717) is 18.5 Å². The zero-order chi connectivity index (χ0) is 24.6. The molecule has 1 saturated carbocycles. The van der Waals surface area contributed by atoms with Crippen LogP contribution in [-0.4, -0.2) is 52.8 Å². The summed E-state index contributed by atoms with van der Waals surface area (Å²) in [4.78, 5) is 19.0. The molecule has 1 aromatic heterocycles. The lowest BCUT2D eigenvalue weighted by molar-refractivity contribution is -0.143. The van der Waals surface area contributed by atoms with Gasteiger partial charge >= 0.3 is 5.97 Å². The van der Waals surface area contributed by atoms with E-state index < -0.39 is 12.0 Å². The molecule has 2 fully saturated rings. The molecule has 2 N–H and O–H groups in total. The lowest BCUT2D eigenvalue weighted by atomic mass is 9.80. The average Bonchev–Trinajstić information content (AvgIpc) is 3.26. The van der Waals surface area contributed by atoms with Crippen molar-refractivity contribution in [2.75, 3.05) is 19.7 Å². The Hall–Kier alpha value is -2.44. The van der Waals surface area contributed by atoms with Gasteiger partial charge in [0.15, 0.2) is 0 Å². The van der Waals surface area contributed by atoms with Crippen LogP contribution in [0, 0.1) is 0 Å². The summed E-state index contributed by atoms with van der Waals surface area (Å²) >= 11 is 0. The van der Waals surface area contributed by atoms with Crippen LogP contribution in [0.3, 0.4) is 0 Å². The first-order valence-electron chi connectivity index (χ1n) is 13.4. The van der Waals surface area contributed by atoms with E-state index in [1.165, 1.54) is 24.1 Å². The molecule has 35 heavy (non-hydrogen) atoms. The molecule has 0 radical (unpaired) electrons. The number of aromatic nitrogens is 1. The van der Waals surface area contributed by atoms with Gasteiger partial charge in [-0.2, -0.15) is 0 Å². The fourth-order valence-corrected chi connectivity index (χ4v) is 5.63. The Labute approximate surface area is 210 Å².